The van der Waals surface area contributed by atoms with Crippen molar-refractivity contribution in [1.29, 1.82) is 0 Å². The maximum absolute atomic E-state index is 12.5. The van der Waals surface area contributed by atoms with E-state index in [0.717, 1.165) is 35.4 Å². The van der Waals surface area contributed by atoms with E-state index in [1.165, 1.54) is 16.9 Å². The Bertz CT molecular complexity index is 699. The monoisotopic (exact) mass is 365 g/mol. The summed E-state index contributed by atoms with van der Waals surface area (Å²) in [6, 6.07) is 8.31. The molecule has 2 atom stereocenters. The maximum atomic E-state index is 12.5. The van der Waals surface area contributed by atoms with Gasteiger partial charge < -0.3 is 11.1 Å². The molecule has 1 aliphatic rings. The van der Waals surface area contributed by atoms with Crippen LogP contribution in [-0.2, 0) is 4.79 Å². The van der Waals surface area contributed by atoms with Crippen molar-refractivity contribution < 1.29 is 4.79 Å². The van der Waals surface area contributed by atoms with Crippen molar-refractivity contribution in [3.05, 3.63) is 34.7 Å². The average Bonchev–Trinajstić information content (AvgIpc) is 3.14. The lowest BCUT2D eigenvalue weighted by Gasteiger charge is -2.16. The highest BCUT2D eigenvalue weighted by Gasteiger charge is 2.32. The molecule has 1 amide bonds. The Balaban J connectivity index is 0.00000208. The number of benzene rings is 1. The van der Waals surface area contributed by atoms with Crippen molar-refractivity contribution in [3.8, 4) is 11.3 Å². The molecule has 4 nitrogen and oxygen atoms in total. The smallest absolute Gasteiger partial charge is 0.229 e. The number of halogens is 1. The van der Waals surface area contributed by atoms with Gasteiger partial charge in [-0.2, -0.15) is 0 Å². The molecule has 0 saturated heterocycles. The number of hydrogen-bond acceptors (Lipinski definition) is 4. The summed E-state index contributed by atoms with van der Waals surface area (Å²) >= 11 is 1.54. The summed E-state index contributed by atoms with van der Waals surface area (Å²) in [5, 5.41) is 3.69. The molecule has 1 fully saturated rings. The van der Waals surface area contributed by atoms with Crippen molar-refractivity contribution >= 4 is 34.8 Å². The second kappa shape index (κ2) is 8.10. The van der Waals surface area contributed by atoms with Gasteiger partial charge in [0, 0.05) is 16.4 Å². The van der Waals surface area contributed by atoms with Crippen LogP contribution in [0, 0.1) is 25.7 Å². The van der Waals surface area contributed by atoms with E-state index in [1.54, 1.807) is 0 Å². The zero-order chi connectivity index (χ0) is 16.4. The van der Waals surface area contributed by atoms with Crippen LogP contribution in [0.5, 0.6) is 0 Å². The Kier molecular flexibility index (Phi) is 6.38. The third-order valence-corrected chi connectivity index (χ3v) is 5.54. The Morgan fingerprint density at radius 2 is 2.00 bits per heavy atom. The Labute approximate surface area is 153 Å². The lowest BCUT2D eigenvalue weighted by atomic mass is 9.95. The molecule has 130 valence electrons. The molecular formula is C18H24ClN3OS. The van der Waals surface area contributed by atoms with E-state index in [4.69, 9.17) is 5.73 Å². The highest BCUT2D eigenvalue weighted by Crippen LogP contribution is 2.34. The quantitative estimate of drug-likeness (QED) is 0.854. The molecule has 1 saturated carbocycles. The number of nitrogens with two attached hydrogens (primary N) is 1. The van der Waals surface area contributed by atoms with Crippen LogP contribution < -0.4 is 11.1 Å². The fraction of sp³-hybridized carbons (Fsp3) is 0.444. The lowest BCUT2D eigenvalue weighted by molar-refractivity contribution is -0.120. The van der Waals surface area contributed by atoms with Crippen LogP contribution in [-0.4, -0.2) is 17.4 Å². The van der Waals surface area contributed by atoms with Gasteiger partial charge in [0.1, 0.15) is 0 Å². The molecular weight excluding hydrogens is 342 g/mol. The highest BCUT2D eigenvalue weighted by atomic mass is 35.5. The fourth-order valence-corrected chi connectivity index (χ4v) is 4.13. The van der Waals surface area contributed by atoms with Crippen LogP contribution in [0.2, 0.25) is 0 Å². The number of nitrogens with one attached hydrogen (secondary N) is 1. The average molecular weight is 366 g/mol. The van der Waals surface area contributed by atoms with Gasteiger partial charge in [-0.25, -0.2) is 4.98 Å². The molecule has 3 rings (SSSR count). The number of rotatable bonds is 4. The van der Waals surface area contributed by atoms with Gasteiger partial charge in [0.2, 0.25) is 5.91 Å². The minimum atomic E-state index is 0. The highest BCUT2D eigenvalue weighted by molar-refractivity contribution is 7.16. The SMILES string of the molecule is Cc1ccc(-c2nc(NC(=O)[C@@H]3CCC[C@@H]3CN)sc2C)cc1.Cl. The predicted molar refractivity (Wildman–Crippen MR) is 103 cm³/mol. The maximum Gasteiger partial charge on any atom is 0.229 e. The Morgan fingerprint density at radius 3 is 2.67 bits per heavy atom. The van der Waals surface area contributed by atoms with Crippen LogP contribution in [0.25, 0.3) is 11.3 Å². The molecule has 1 aromatic carbocycles. The number of aromatic nitrogens is 1. The number of thiazole rings is 1. The van der Waals surface area contributed by atoms with Gasteiger partial charge in [-0.15, -0.1) is 23.7 Å². The normalized spacial score (nSPS) is 19.8. The van der Waals surface area contributed by atoms with Gasteiger partial charge >= 0.3 is 0 Å². The van der Waals surface area contributed by atoms with E-state index in [0.29, 0.717) is 17.6 Å². The second-order valence-corrected chi connectivity index (χ2v) is 7.52. The van der Waals surface area contributed by atoms with Crippen LogP contribution in [0.1, 0.15) is 29.7 Å². The number of carbonyl (C=O) groups excluding carboxylic acids is 1. The fourth-order valence-electron chi connectivity index (χ4n) is 3.29. The summed E-state index contributed by atoms with van der Waals surface area (Å²) in [6.45, 7) is 4.70. The molecule has 2 aromatic rings. The van der Waals surface area contributed by atoms with Gasteiger partial charge in [0.15, 0.2) is 5.13 Å². The third kappa shape index (κ3) is 3.97. The summed E-state index contributed by atoms with van der Waals surface area (Å²) in [5.74, 6) is 0.418. The summed E-state index contributed by atoms with van der Waals surface area (Å²) in [6.07, 6.45) is 3.08. The number of nitrogens with zero attached hydrogens (tertiary/aromatic N) is 1. The molecule has 3 N–H and O–H groups in total. The molecule has 24 heavy (non-hydrogen) atoms. The van der Waals surface area contributed by atoms with Crippen LogP contribution in [0.4, 0.5) is 5.13 Å². The molecule has 1 aromatic heterocycles. The topological polar surface area (TPSA) is 68.0 Å². The van der Waals surface area contributed by atoms with E-state index >= 15 is 0 Å². The lowest BCUT2D eigenvalue weighted by Crippen LogP contribution is -2.29. The van der Waals surface area contributed by atoms with Crippen molar-refractivity contribution in [2.75, 3.05) is 11.9 Å². The standard InChI is InChI=1S/C18H23N3OS.ClH/c1-11-6-8-13(9-7-11)16-12(2)23-18(20-16)21-17(22)15-5-3-4-14(15)10-19;/h6-9,14-15H,3-5,10,19H2,1-2H3,(H,20,21,22);1H/t14-,15-;/m1./s1. The van der Waals surface area contributed by atoms with Crippen molar-refractivity contribution in [2.45, 2.75) is 33.1 Å². The van der Waals surface area contributed by atoms with Gasteiger partial charge in [-0.3, -0.25) is 4.79 Å². The Hall–Kier alpha value is -1.43. The predicted octanol–water partition coefficient (Wildman–Crippen LogP) is 4.16. The molecule has 0 spiro atoms. The number of hydrogen-bond donors (Lipinski definition) is 2. The summed E-state index contributed by atoms with van der Waals surface area (Å²) in [5.41, 5.74) is 9.04. The molecule has 1 aliphatic carbocycles. The number of carbonyl (C=O) groups is 1. The van der Waals surface area contributed by atoms with Crippen LogP contribution in [0.15, 0.2) is 24.3 Å². The number of aryl methyl sites for hydroxylation is 2. The second-order valence-electron chi connectivity index (χ2n) is 6.31. The molecule has 1 heterocycles. The summed E-state index contributed by atoms with van der Waals surface area (Å²) in [7, 11) is 0. The van der Waals surface area contributed by atoms with Crippen molar-refractivity contribution in [2.24, 2.45) is 17.6 Å². The van der Waals surface area contributed by atoms with Gasteiger partial charge in [0.05, 0.1) is 5.69 Å². The molecule has 6 heteroatoms. The largest absolute Gasteiger partial charge is 0.330 e. The minimum Gasteiger partial charge on any atom is -0.330 e. The molecule has 0 unspecified atom stereocenters. The first-order chi connectivity index (χ1) is 11.1. The first kappa shape index (κ1) is 18.9. The minimum absolute atomic E-state index is 0. The zero-order valence-corrected chi connectivity index (χ0v) is 15.7. The van der Waals surface area contributed by atoms with Gasteiger partial charge in [-0.05, 0) is 39.2 Å². The Morgan fingerprint density at radius 1 is 1.29 bits per heavy atom. The summed E-state index contributed by atoms with van der Waals surface area (Å²) < 4.78 is 0. The van der Waals surface area contributed by atoms with Gasteiger partial charge in [-0.1, -0.05) is 36.2 Å². The van der Waals surface area contributed by atoms with Crippen LogP contribution in [0.3, 0.4) is 0 Å². The van der Waals surface area contributed by atoms with E-state index < -0.39 is 0 Å². The van der Waals surface area contributed by atoms with Crippen molar-refractivity contribution in [1.82, 2.24) is 4.98 Å². The van der Waals surface area contributed by atoms with E-state index in [2.05, 4.69) is 41.5 Å². The third-order valence-electron chi connectivity index (χ3n) is 4.65. The first-order valence-corrected chi connectivity index (χ1v) is 8.95. The van der Waals surface area contributed by atoms with E-state index in [-0.39, 0.29) is 24.2 Å². The molecule has 0 aliphatic heterocycles. The summed E-state index contributed by atoms with van der Waals surface area (Å²) in [4.78, 5) is 18.2. The van der Waals surface area contributed by atoms with Gasteiger partial charge in [0.25, 0.3) is 0 Å². The molecule has 0 bridgehead atoms. The van der Waals surface area contributed by atoms with E-state index in [9.17, 15) is 4.79 Å². The van der Waals surface area contributed by atoms with Crippen LogP contribution >= 0.6 is 23.7 Å². The number of anilines is 1. The first-order valence-electron chi connectivity index (χ1n) is 8.14. The molecule has 0 radical (unpaired) electrons. The zero-order valence-electron chi connectivity index (χ0n) is 14.0. The number of amides is 1. The van der Waals surface area contributed by atoms with Crippen molar-refractivity contribution in [3.63, 3.8) is 0 Å². The van der Waals surface area contributed by atoms with E-state index in [1.807, 2.05) is 6.92 Å².